The maximum Gasteiger partial charge on any atom is 0.0901 e. The number of hydrogen-bond donors (Lipinski definition) is 1. The van der Waals surface area contributed by atoms with Crippen molar-refractivity contribution in [3.05, 3.63) is 29.3 Å². The zero-order chi connectivity index (χ0) is 9.42. The van der Waals surface area contributed by atoms with E-state index < -0.39 is 0 Å². The minimum Gasteiger partial charge on any atom is -0.390 e. The van der Waals surface area contributed by atoms with Gasteiger partial charge in [-0.15, -0.1) is 11.3 Å². The Bertz CT molecular complexity index is 443. The van der Waals surface area contributed by atoms with Gasteiger partial charge >= 0.3 is 0 Å². The molecule has 0 aliphatic heterocycles. The Kier molecular flexibility index (Phi) is 2.00. The first kappa shape index (κ1) is 8.57. The number of nitrogens with two attached hydrogens (primary N) is 1. The van der Waals surface area contributed by atoms with Gasteiger partial charge in [-0.05, 0) is 30.5 Å². The van der Waals surface area contributed by atoms with Crippen molar-refractivity contribution in [3.8, 4) is 0 Å². The lowest BCUT2D eigenvalue weighted by molar-refractivity contribution is 1.17. The molecule has 1 aromatic heterocycles. The van der Waals surface area contributed by atoms with Crippen molar-refractivity contribution >= 4 is 26.4 Å². The van der Waals surface area contributed by atoms with Crippen LogP contribution in [0.5, 0.6) is 0 Å². The molecular weight excluding hydrogens is 178 g/mol. The molecule has 0 saturated carbocycles. The fourth-order valence-electron chi connectivity index (χ4n) is 1.77. The number of hydrogen-bond acceptors (Lipinski definition) is 2. The molecule has 0 spiro atoms. The number of fused-ring (bicyclic) bond motifs is 1. The minimum atomic E-state index is 0.979. The third-order valence-electron chi connectivity index (χ3n) is 2.41. The molecule has 0 bridgehead atoms. The summed E-state index contributed by atoms with van der Waals surface area (Å²) in [5, 5.41) is 2.35. The van der Waals surface area contributed by atoms with Crippen LogP contribution in [0.3, 0.4) is 0 Å². The van der Waals surface area contributed by atoms with Gasteiger partial charge in [0.25, 0.3) is 0 Å². The number of aryl methyl sites for hydroxylation is 2. The fraction of sp³-hybridized carbons (Fsp3) is 0.273. The SMILES string of the molecule is CCc1c(N)sc2cccc(C)c12. The summed E-state index contributed by atoms with van der Waals surface area (Å²) in [6, 6.07) is 6.38. The number of thiophene rings is 1. The van der Waals surface area contributed by atoms with E-state index in [1.54, 1.807) is 11.3 Å². The van der Waals surface area contributed by atoms with Crippen LogP contribution >= 0.6 is 11.3 Å². The Morgan fingerprint density at radius 3 is 2.85 bits per heavy atom. The van der Waals surface area contributed by atoms with Crippen LogP contribution in [0.15, 0.2) is 18.2 Å². The van der Waals surface area contributed by atoms with Gasteiger partial charge in [0.1, 0.15) is 0 Å². The maximum atomic E-state index is 5.95. The second kappa shape index (κ2) is 3.04. The molecule has 2 heteroatoms. The first-order valence-electron chi connectivity index (χ1n) is 4.50. The smallest absolute Gasteiger partial charge is 0.0901 e. The molecule has 0 aliphatic carbocycles. The standard InChI is InChI=1S/C11H13NS/c1-3-8-10-7(2)5-4-6-9(10)13-11(8)12/h4-6H,3,12H2,1-2H3. The third-order valence-corrected chi connectivity index (χ3v) is 3.43. The van der Waals surface area contributed by atoms with E-state index in [1.807, 2.05) is 0 Å². The number of benzene rings is 1. The van der Waals surface area contributed by atoms with Gasteiger partial charge in [-0.2, -0.15) is 0 Å². The summed E-state index contributed by atoms with van der Waals surface area (Å²) < 4.78 is 1.31. The van der Waals surface area contributed by atoms with Gasteiger partial charge < -0.3 is 5.73 Å². The summed E-state index contributed by atoms with van der Waals surface area (Å²) in [4.78, 5) is 0. The first-order chi connectivity index (χ1) is 6.24. The highest BCUT2D eigenvalue weighted by Crippen LogP contribution is 2.35. The van der Waals surface area contributed by atoms with Gasteiger partial charge in [0.05, 0.1) is 5.00 Å². The highest BCUT2D eigenvalue weighted by molar-refractivity contribution is 7.22. The number of rotatable bonds is 1. The molecule has 13 heavy (non-hydrogen) atoms. The van der Waals surface area contributed by atoms with Crippen LogP contribution in [-0.2, 0) is 6.42 Å². The van der Waals surface area contributed by atoms with Gasteiger partial charge in [0.2, 0.25) is 0 Å². The van der Waals surface area contributed by atoms with E-state index >= 15 is 0 Å². The fourth-order valence-corrected chi connectivity index (χ4v) is 2.91. The van der Waals surface area contributed by atoms with Crippen LogP contribution in [0.4, 0.5) is 5.00 Å². The van der Waals surface area contributed by atoms with E-state index in [-0.39, 0.29) is 0 Å². The maximum absolute atomic E-state index is 5.95. The minimum absolute atomic E-state index is 0.979. The van der Waals surface area contributed by atoms with E-state index in [1.165, 1.54) is 21.2 Å². The van der Waals surface area contributed by atoms with Crippen molar-refractivity contribution in [1.29, 1.82) is 0 Å². The van der Waals surface area contributed by atoms with Crippen molar-refractivity contribution < 1.29 is 0 Å². The van der Waals surface area contributed by atoms with E-state index in [0.29, 0.717) is 0 Å². The molecular formula is C11H13NS. The van der Waals surface area contributed by atoms with E-state index in [4.69, 9.17) is 5.73 Å². The third kappa shape index (κ3) is 1.22. The molecule has 68 valence electrons. The molecule has 0 aliphatic rings. The molecule has 0 radical (unpaired) electrons. The normalized spacial score (nSPS) is 10.9. The van der Waals surface area contributed by atoms with Crippen molar-refractivity contribution in [2.24, 2.45) is 0 Å². The lowest BCUT2D eigenvalue weighted by Crippen LogP contribution is -1.87. The van der Waals surface area contributed by atoms with Crippen LogP contribution in [0, 0.1) is 6.92 Å². The zero-order valence-electron chi connectivity index (χ0n) is 7.92. The molecule has 0 unspecified atom stereocenters. The highest BCUT2D eigenvalue weighted by atomic mass is 32.1. The van der Waals surface area contributed by atoms with Crippen LogP contribution in [0.25, 0.3) is 10.1 Å². The summed E-state index contributed by atoms with van der Waals surface area (Å²) >= 11 is 1.70. The van der Waals surface area contributed by atoms with Gasteiger partial charge in [-0.3, -0.25) is 0 Å². The molecule has 2 rings (SSSR count). The Balaban J connectivity index is 2.88. The Hall–Kier alpha value is -1.02. The molecule has 0 fully saturated rings. The Morgan fingerprint density at radius 1 is 1.38 bits per heavy atom. The Morgan fingerprint density at radius 2 is 2.15 bits per heavy atom. The van der Waals surface area contributed by atoms with Crippen LogP contribution in [-0.4, -0.2) is 0 Å². The quantitative estimate of drug-likeness (QED) is 0.735. The topological polar surface area (TPSA) is 26.0 Å². The summed E-state index contributed by atoms with van der Waals surface area (Å²) in [6.07, 6.45) is 1.02. The average molecular weight is 191 g/mol. The van der Waals surface area contributed by atoms with E-state index in [0.717, 1.165) is 11.4 Å². The molecule has 2 N–H and O–H groups in total. The number of anilines is 1. The van der Waals surface area contributed by atoms with Crippen LogP contribution < -0.4 is 5.73 Å². The molecule has 1 nitrogen and oxygen atoms in total. The largest absolute Gasteiger partial charge is 0.390 e. The molecule has 0 amide bonds. The summed E-state index contributed by atoms with van der Waals surface area (Å²) in [5.41, 5.74) is 8.60. The first-order valence-corrected chi connectivity index (χ1v) is 5.32. The second-order valence-electron chi connectivity index (χ2n) is 3.25. The van der Waals surface area contributed by atoms with Gasteiger partial charge in [0.15, 0.2) is 0 Å². The van der Waals surface area contributed by atoms with Crippen LogP contribution in [0.1, 0.15) is 18.1 Å². The van der Waals surface area contributed by atoms with Gasteiger partial charge in [-0.1, -0.05) is 19.1 Å². The van der Waals surface area contributed by atoms with Crippen molar-refractivity contribution in [2.45, 2.75) is 20.3 Å². The lowest BCUT2D eigenvalue weighted by Gasteiger charge is -1.99. The van der Waals surface area contributed by atoms with Gasteiger partial charge in [-0.25, -0.2) is 0 Å². The van der Waals surface area contributed by atoms with Crippen molar-refractivity contribution in [1.82, 2.24) is 0 Å². The van der Waals surface area contributed by atoms with Crippen molar-refractivity contribution in [2.75, 3.05) is 5.73 Å². The summed E-state index contributed by atoms with van der Waals surface area (Å²) in [5.74, 6) is 0. The van der Waals surface area contributed by atoms with E-state index in [2.05, 4.69) is 32.0 Å². The Labute approximate surface area is 82.2 Å². The molecule has 0 saturated heterocycles. The van der Waals surface area contributed by atoms with E-state index in [9.17, 15) is 0 Å². The second-order valence-corrected chi connectivity index (χ2v) is 4.33. The molecule has 1 heterocycles. The molecule has 1 aromatic carbocycles. The monoisotopic (exact) mass is 191 g/mol. The zero-order valence-corrected chi connectivity index (χ0v) is 8.74. The summed E-state index contributed by atoms with van der Waals surface area (Å²) in [6.45, 7) is 4.30. The predicted molar refractivity (Wildman–Crippen MR) is 60.4 cm³/mol. The molecule has 0 atom stereocenters. The lowest BCUT2D eigenvalue weighted by atomic mass is 10.1. The van der Waals surface area contributed by atoms with Gasteiger partial charge in [0, 0.05) is 10.1 Å². The van der Waals surface area contributed by atoms with Crippen LogP contribution in [0.2, 0.25) is 0 Å². The summed E-state index contributed by atoms with van der Waals surface area (Å²) in [7, 11) is 0. The molecule has 2 aromatic rings. The van der Waals surface area contributed by atoms with Crippen molar-refractivity contribution in [3.63, 3.8) is 0 Å². The highest BCUT2D eigenvalue weighted by Gasteiger charge is 2.08. The average Bonchev–Trinajstić information content (AvgIpc) is 2.42. The predicted octanol–water partition coefficient (Wildman–Crippen LogP) is 3.35. The number of nitrogen functional groups attached to an aromatic ring is 1.